The Balaban J connectivity index is 1.31. The summed E-state index contributed by atoms with van der Waals surface area (Å²) in [4.78, 5) is 19.2. The van der Waals surface area contributed by atoms with Gasteiger partial charge in [-0.05, 0) is 74.1 Å². The third-order valence-corrected chi connectivity index (χ3v) is 6.20. The topological polar surface area (TPSA) is 42.4 Å². The van der Waals surface area contributed by atoms with Crippen LogP contribution in [0.15, 0.2) is 36.5 Å². The molecule has 4 heteroatoms. The summed E-state index contributed by atoms with van der Waals surface area (Å²) in [5.41, 5.74) is 2.45. The molecule has 0 saturated carbocycles. The van der Waals surface area contributed by atoms with Gasteiger partial charge < -0.3 is 9.64 Å². The third-order valence-electron chi connectivity index (χ3n) is 6.20. The molecule has 0 bridgehead atoms. The van der Waals surface area contributed by atoms with E-state index in [2.05, 4.69) is 34.1 Å². The number of aromatic nitrogens is 1. The highest BCUT2D eigenvalue weighted by atomic mass is 16.5. The lowest BCUT2D eigenvalue weighted by Gasteiger charge is -2.26. The van der Waals surface area contributed by atoms with Crippen LogP contribution in [0.2, 0.25) is 0 Å². The van der Waals surface area contributed by atoms with Gasteiger partial charge in [-0.3, -0.25) is 9.78 Å². The first-order chi connectivity index (χ1) is 13.3. The van der Waals surface area contributed by atoms with E-state index in [0.717, 1.165) is 63.9 Å². The van der Waals surface area contributed by atoms with Crippen molar-refractivity contribution < 1.29 is 9.53 Å². The number of rotatable bonds is 4. The first-order valence-corrected chi connectivity index (χ1v) is 10.5. The van der Waals surface area contributed by atoms with Crippen LogP contribution in [-0.2, 0) is 16.0 Å². The molecule has 1 amide bonds. The van der Waals surface area contributed by atoms with Gasteiger partial charge in [0.1, 0.15) is 0 Å². The van der Waals surface area contributed by atoms with Crippen molar-refractivity contribution in [3.63, 3.8) is 0 Å². The standard InChI is InChI=1S/C23H30N2O2/c26-23(17-19-8-13-27-14-9-19)25-11-2-3-18(7-12-25)15-20-5-6-22-21(16-20)4-1-10-24-22/h1,4-6,10,16,18-19H,2-3,7-9,11-15,17H2/t18-/m1/s1. The Labute approximate surface area is 161 Å². The Kier molecular flexibility index (Phi) is 6.03. The maximum atomic E-state index is 12.7. The summed E-state index contributed by atoms with van der Waals surface area (Å²) in [7, 11) is 0. The van der Waals surface area contributed by atoms with Crippen LogP contribution in [0.3, 0.4) is 0 Å². The summed E-state index contributed by atoms with van der Waals surface area (Å²) in [6.07, 6.45) is 9.20. The number of carbonyl (C=O) groups is 1. The minimum Gasteiger partial charge on any atom is -0.381 e. The molecular weight excluding hydrogens is 336 g/mol. The highest BCUT2D eigenvalue weighted by Crippen LogP contribution is 2.25. The summed E-state index contributed by atoms with van der Waals surface area (Å²) >= 11 is 0. The van der Waals surface area contributed by atoms with Crippen molar-refractivity contribution in [3.05, 3.63) is 42.1 Å². The monoisotopic (exact) mass is 366 g/mol. The molecule has 0 aliphatic carbocycles. The SMILES string of the molecule is O=C(CC1CCOCC1)N1CCC[C@@H](Cc2ccc3ncccc3c2)CC1. The highest BCUT2D eigenvalue weighted by molar-refractivity contribution is 5.79. The fourth-order valence-electron chi connectivity index (χ4n) is 4.53. The average molecular weight is 367 g/mol. The van der Waals surface area contributed by atoms with Crippen LogP contribution < -0.4 is 0 Å². The van der Waals surface area contributed by atoms with Gasteiger partial charge in [0.2, 0.25) is 5.91 Å². The van der Waals surface area contributed by atoms with Crippen LogP contribution in [0, 0.1) is 11.8 Å². The van der Waals surface area contributed by atoms with Crippen molar-refractivity contribution in [2.24, 2.45) is 11.8 Å². The van der Waals surface area contributed by atoms with Gasteiger partial charge in [-0.15, -0.1) is 0 Å². The summed E-state index contributed by atoms with van der Waals surface area (Å²) < 4.78 is 5.42. The molecule has 0 radical (unpaired) electrons. The number of likely N-dealkylation sites (tertiary alicyclic amines) is 1. The molecular formula is C23H30N2O2. The molecule has 1 aromatic heterocycles. The number of nitrogens with zero attached hydrogens (tertiary/aromatic N) is 2. The average Bonchev–Trinajstić information content (AvgIpc) is 2.94. The van der Waals surface area contributed by atoms with Crippen molar-refractivity contribution in [1.29, 1.82) is 0 Å². The van der Waals surface area contributed by atoms with Gasteiger partial charge in [0, 0.05) is 44.3 Å². The molecule has 144 valence electrons. The van der Waals surface area contributed by atoms with E-state index in [0.29, 0.717) is 24.2 Å². The van der Waals surface area contributed by atoms with E-state index in [4.69, 9.17) is 4.74 Å². The van der Waals surface area contributed by atoms with E-state index in [1.165, 1.54) is 17.4 Å². The second-order valence-electron chi connectivity index (χ2n) is 8.17. The Bertz CT molecular complexity index is 770. The number of carbonyl (C=O) groups excluding carboxylic acids is 1. The van der Waals surface area contributed by atoms with E-state index >= 15 is 0 Å². The van der Waals surface area contributed by atoms with E-state index in [-0.39, 0.29) is 0 Å². The fraction of sp³-hybridized carbons (Fsp3) is 0.565. The van der Waals surface area contributed by atoms with Gasteiger partial charge >= 0.3 is 0 Å². The quantitative estimate of drug-likeness (QED) is 0.813. The number of amides is 1. The largest absolute Gasteiger partial charge is 0.381 e. The van der Waals surface area contributed by atoms with E-state index in [1.807, 2.05) is 12.3 Å². The number of pyridine rings is 1. The summed E-state index contributed by atoms with van der Waals surface area (Å²) in [6.45, 7) is 3.49. The lowest BCUT2D eigenvalue weighted by molar-refractivity contribution is -0.132. The van der Waals surface area contributed by atoms with E-state index in [9.17, 15) is 4.79 Å². The molecule has 1 aromatic carbocycles. The van der Waals surface area contributed by atoms with Crippen LogP contribution in [0.25, 0.3) is 10.9 Å². The van der Waals surface area contributed by atoms with Crippen LogP contribution >= 0.6 is 0 Å². The predicted molar refractivity (Wildman–Crippen MR) is 108 cm³/mol. The Hall–Kier alpha value is -1.94. The van der Waals surface area contributed by atoms with Gasteiger partial charge in [0.15, 0.2) is 0 Å². The third kappa shape index (κ3) is 4.86. The van der Waals surface area contributed by atoms with Gasteiger partial charge in [-0.25, -0.2) is 0 Å². The maximum absolute atomic E-state index is 12.7. The normalized spacial score (nSPS) is 21.9. The number of hydrogen-bond acceptors (Lipinski definition) is 3. The van der Waals surface area contributed by atoms with Crippen molar-refractivity contribution in [1.82, 2.24) is 9.88 Å². The molecule has 1 atom stereocenters. The van der Waals surface area contributed by atoms with Crippen molar-refractivity contribution >= 4 is 16.8 Å². The Morgan fingerprint density at radius 2 is 1.96 bits per heavy atom. The lowest BCUT2D eigenvalue weighted by atomic mass is 9.92. The predicted octanol–water partition coefficient (Wildman–Crippen LogP) is 4.22. The molecule has 4 nitrogen and oxygen atoms in total. The fourth-order valence-corrected chi connectivity index (χ4v) is 4.53. The molecule has 2 aliphatic rings. The number of fused-ring (bicyclic) bond motifs is 1. The van der Waals surface area contributed by atoms with Crippen molar-refractivity contribution in [2.45, 2.75) is 44.9 Å². The minimum absolute atomic E-state index is 0.360. The van der Waals surface area contributed by atoms with Crippen LogP contribution in [-0.4, -0.2) is 42.1 Å². The van der Waals surface area contributed by atoms with Crippen molar-refractivity contribution in [2.75, 3.05) is 26.3 Å². The Morgan fingerprint density at radius 3 is 2.85 bits per heavy atom. The first kappa shape index (κ1) is 18.4. The van der Waals surface area contributed by atoms with E-state index in [1.54, 1.807) is 0 Å². The second-order valence-corrected chi connectivity index (χ2v) is 8.17. The van der Waals surface area contributed by atoms with Gasteiger partial charge in [-0.2, -0.15) is 0 Å². The molecule has 0 spiro atoms. The molecule has 2 saturated heterocycles. The number of benzene rings is 1. The summed E-state index contributed by atoms with van der Waals surface area (Å²) in [5.74, 6) is 1.55. The molecule has 4 rings (SSSR count). The first-order valence-electron chi connectivity index (χ1n) is 10.5. The maximum Gasteiger partial charge on any atom is 0.222 e. The molecule has 0 unspecified atom stereocenters. The molecule has 2 aromatic rings. The summed E-state index contributed by atoms with van der Waals surface area (Å²) in [6, 6.07) is 10.8. The minimum atomic E-state index is 0.360. The zero-order valence-electron chi connectivity index (χ0n) is 16.1. The molecule has 2 aliphatic heterocycles. The molecule has 0 N–H and O–H groups in total. The zero-order valence-corrected chi connectivity index (χ0v) is 16.1. The molecule has 2 fully saturated rings. The van der Waals surface area contributed by atoms with Crippen LogP contribution in [0.4, 0.5) is 0 Å². The smallest absolute Gasteiger partial charge is 0.222 e. The van der Waals surface area contributed by atoms with Crippen LogP contribution in [0.5, 0.6) is 0 Å². The molecule has 27 heavy (non-hydrogen) atoms. The Morgan fingerprint density at radius 1 is 1.07 bits per heavy atom. The van der Waals surface area contributed by atoms with Gasteiger partial charge in [0.05, 0.1) is 5.52 Å². The van der Waals surface area contributed by atoms with Crippen molar-refractivity contribution in [3.8, 4) is 0 Å². The number of hydrogen-bond donors (Lipinski definition) is 0. The summed E-state index contributed by atoms with van der Waals surface area (Å²) in [5, 5.41) is 1.22. The zero-order chi connectivity index (χ0) is 18.5. The van der Waals surface area contributed by atoms with Crippen LogP contribution in [0.1, 0.15) is 44.1 Å². The molecule has 3 heterocycles. The highest BCUT2D eigenvalue weighted by Gasteiger charge is 2.24. The lowest BCUT2D eigenvalue weighted by Crippen LogP contribution is -2.34. The van der Waals surface area contributed by atoms with Gasteiger partial charge in [-0.1, -0.05) is 12.1 Å². The van der Waals surface area contributed by atoms with Gasteiger partial charge in [0.25, 0.3) is 0 Å². The number of ether oxygens (including phenoxy) is 1. The van der Waals surface area contributed by atoms with E-state index < -0.39 is 0 Å². The second kappa shape index (κ2) is 8.83.